The van der Waals surface area contributed by atoms with E-state index in [1.54, 1.807) is 0 Å². The van der Waals surface area contributed by atoms with Gasteiger partial charge >= 0.3 is 0 Å². The van der Waals surface area contributed by atoms with E-state index in [4.69, 9.17) is 0 Å². The van der Waals surface area contributed by atoms with Gasteiger partial charge in [0.2, 0.25) is 0 Å². The molecule has 2 aromatic carbocycles. The maximum atomic E-state index is 2.22. The third kappa shape index (κ3) is 5.75. The van der Waals surface area contributed by atoms with Crippen LogP contribution >= 0.6 is 0 Å². The van der Waals surface area contributed by atoms with Gasteiger partial charge in [-0.1, -0.05) is 103 Å². The van der Waals surface area contributed by atoms with Gasteiger partial charge in [0.25, 0.3) is 0 Å². The van der Waals surface area contributed by atoms with Crippen molar-refractivity contribution in [2.24, 2.45) is 0 Å². The molecule has 0 aliphatic heterocycles. The van der Waals surface area contributed by atoms with Gasteiger partial charge in [-0.3, -0.25) is 0 Å². The molecule has 116 valence electrons. The SMILES string of the molecule is CC.CC.CCCC.c1ccc2c(c1)Cc1ccccc1-2. The summed E-state index contributed by atoms with van der Waals surface area (Å²) in [6.07, 6.45) is 3.74. The predicted molar refractivity (Wildman–Crippen MR) is 98.0 cm³/mol. The maximum Gasteiger partial charge on any atom is -0.00135 e. The Labute approximate surface area is 132 Å². The van der Waals surface area contributed by atoms with Crippen LogP contribution in [0.5, 0.6) is 0 Å². The average molecular weight is 284 g/mol. The molecule has 21 heavy (non-hydrogen) atoms. The summed E-state index contributed by atoms with van der Waals surface area (Å²) in [5.74, 6) is 0. The summed E-state index contributed by atoms with van der Waals surface area (Å²) >= 11 is 0. The van der Waals surface area contributed by atoms with Crippen molar-refractivity contribution >= 4 is 0 Å². The van der Waals surface area contributed by atoms with Crippen LogP contribution in [-0.4, -0.2) is 0 Å². The first-order valence-electron chi connectivity index (χ1n) is 8.53. The molecule has 2 aromatic rings. The summed E-state index contributed by atoms with van der Waals surface area (Å²) < 4.78 is 0. The van der Waals surface area contributed by atoms with Crippen LogP contribution in [0.15, 0.2) is 48.5 Å². The lowest BCUT2D eigenvalue weighted by Crippen LogP contribution is -1.77. The minimum Gasteiger partial charge on any atom is -0.0683 e. The van der Waals surface area contributed by atoms with Gasteiger partial charge in [0.15, 0.2) is 0 Å². The van der Waals surface area contributed by atoms with Gasteiger partial charge in [0.05, 0.1) is 0 Å². The molecule has 1 aliphatic rings. The smallest absolute Gasteiger partial charge is 0.00135 e. The van der Waals surface area contributed by atoms with Crippen LogP contribution in [0, 0.1) is 0 Å². The predicted octanol–water partition coefficient (Wildman–Crippen LogP) is 7.12. The van der Waals surface area contributed by atoms with Crippen LogP contribution in [0.2, 0.25) is 0 Å². The van der Waals surface area contributed by atoms with E-state index >= 15 is 0 Å². The first-order valence-corrected chi connectivity index (χ1v) is 8.53. The van der Waals surface area contributed by atoms with Gasteiger partial charge in [0.1, 0.15) is 0 Å². The minimum atomic E-state index is 1.10. The van der Waals surface area contributed by atoms with Crippen LogP contribution in [0.3, 0.4) is 0 Å². The van der Waals surface area contributed by atoms with E-state index < -0.39 is 0 Å². The fraction of sp³-hybridized carbons (Fsp3) is 0.429. The summed E-state index contributed by atoms with van der Waals surface area (Å²) in [4.78, 5) is 0. The Kier molecular flexibility index (Phi) is 11.3. The molecule has 0 amide bonds. The highest BCUT2D eigenvalue weighted by Gasteiger charge is 2.15. The van der Waals surface area contributed by atoms with E-state index in [0.717, 1.165) is 6.42 Å². The highest BCUT2D eigenvalue weighted by Crippen LogP contribution is 2.35. The molecule has 0 bridgehead atoms. The molecule has 0 heterocycles. The van der Waals surface area contributed by atoms with Crippen LogP contribution in [-0.2, 0) is 6.42 Å². The summed E-state index contributed by atoms with van der Waals surface area (Å²) in [5.41, 5.74) is 5.75. The largest absolute Gasteiger partial charge is 0.0683 e. The molecular weight excluding hydrogens is 252 g/mol. The quantitative estimate of drug-likeness (QED) is 0.446. The summed E-state index contributed by atoms with van der Waals surface area (Å²) in [6.45, 7) is 12.4. The third-order valence-electron chi connectivity index (χ3n) is 3.21. The number of hydrogen-bond acceptors (Lipinski definition) is 0. The van der Waals surface area contributed by atoms with Crippen molar-refractivity contribution in [3.63, 3.8) is 0 Å². The third-order valence-corrected chi connectivity index (χ3v) is 3.21. The zero-order valence-electron chi connectivity index (χ0n) is 14.7. The minimum absolute atomic E-state index is 1.10. The second-order valence-corrected chi connectivity index (χ2v) is 4.49. The number of hydrogen-bond donors (Lipinski definition) is 0. The highest BCUT2D eigenvalue weighted by atomic mass is 14.2. The van der Waals surface area contributed by atoms with Crippen molar-refractivity contribution < 1.29 is 0 Å². The van der Waals surface area contributed by atoms with Gasteiger partial charge in [-0.25, -0.2) is 0 Å². The Morgan fingerprint density at radius 2 is 0.952 bits per heavy atom. The number of fused-ring (bicyclic) bond motifs is 3. The fourth-order valence-corrected chi connectivity index (χ4v) is 2.08. The Bertz CT molecular complexity index is 437. The van der Waals surface area contributed by atoms with Crippen molar-refractivity contribution in [3.8, 4) is 11.1 Å². The maximum absolute atomic E-state index is 2.22. The number of unbranched alkanes of at least 4 members (excludes halogenated alkanes) is 1. The summed E-state index contributed by atoms with van der Waals surface area (Å²) in [6, 6.07) is 17.3. The highest BCUT2D eigenvalue weighted by molar-refractivity contribution is 5.76. The van der Waals surface area contributed by atoms with E-state index in [0.29, 0.717) is 0 Å². The Hall–Kier alpha value is -1.56. The van der Waals surface area contributed by atoms with Gasteiger partial charge in [0, 0.05) is 0 Å². The number of rotatable bonds is 1. The zero-order valence-corrected chi connectivity index (χ0v) is 14.7. The van der Waals surface area contributed by atoms with Crippen molar-refractivity contribution in [1.82, 2.24) is 0 Å². The first-order chi connectivity index (χ1) is 10.4. The van der Waals surface area contributed by atoms with Crippen LogP contribution in [0.1, 0.15) is 65.5 Å². The lowest BCUT2D eigenvalue weighted by Gasteiger charge is -1.98. The molecular formula is C21H32. The molecule has 0 radical (unpaired) electrons. The molecule has 0 N–H and O–H groups in total. The second-order valence-electron chi connectivity index (χ2n) is 4.49. The van der Waals surface area contributed by atoms with Crippen LogP contribution in [0.25, 0.3) is 11.1 Å². The summed E-state index contributed by atoms with van der Waals surface area (Å²) in [5, 5.41) is 0. The zero-order chi connectivity index (χ0) is 16.1. The van der Waals surface area contributed by atoms with Crippen molar-refractivity contribution in [3.05, 3.63) is 59.7 Å². The van der Waals surface area contributed by atoms with Crippen LogP contribution < -0.4 is 0 Å². The molecule has 0 saturated heterocycles. The van der Waals surface area contributed by atoms with Gasteiger partial charge in [-0.05, 0) is 28.7 Å². The Morgan fingerprint density at radius 3 is 1.29 bits per heavy atom. The molecule has 0 heteroatoms. The molecule has 0 fully saturated rings. The van der Waals surface area contributed by atoms with E-state index in [1.165, 1.54) is 35.1 Å². The van der Waals surface area contributed by atoms with E-state index in [2.05, 4.69) is 62.4 Å². The number of benzene rings is 2. The average Bonchev–Trinajstić information content (AvgIpc) is 2.97. The molecule has 0 saturated carbocycles. The normalized spacial score (nSPS) is 9.62. The van der Waals surface area contributed by atoms with Crippen molar-refractivity contribution in [1.29, 1.82) is 0 Å². The van der Waals surface area contributed by atoms with Gasteiger partial charge in [-0.15, -0.1) is 0 Å². The van der Waals surface area contributed by atoms with E-state index in [1.807, 2.05) is 27.7 Å². The van der Waals surface area contributed by atoms with E-state index in [-0.39, 0.29) is 0 Å². The molecule has 0 aromatic heterocycles. The molecule has 1 aliphatic carbocycles. The lowest BCUT2D eigenvalue weighted by molar-refractivity contribution is 0.886. The first kappa shape index (κ1) is 19.4. The van der Waals surface area contributed by atoms with Crippen molar-refractivity contribution in [2.45, 2.75) is 60.8 Å². The Morgan fingerprint density at radius 1 is 0.619 bits per heavy atom. The molecule has 0 unspecified atom stereocenters. The molecule has 0 spiro atoms. The fourth-order valence-electron chi connectivity index (χ4n) is 2.08. The van der Waals surface area contributed by atoms with E-state index in [9.17, 15) is 0 Å². The Balaban J connectivity index is 0.000000431. The standard InChI is InChI=1S/C13H10.C4H10.2C2H6/c1-3-7-12-10(5-1)9-11-6-2-4-8-13(11)12;1-3-4-2;2*1-2/h1-8H,9H2;3-4H2,1-2H3;2*1-2H3. The molecule has 0 nitrogen and oxygen atoms in total. The molecule has 0 atom stereocenters. The second kappa shape index (κ2) is 12.2. The van der Waals surface area contributed by atoms with Crippen LogP contribution in [0.4, 0.5) is 0 Å². The lowest BCUT2D eigenvalue weighted by atomic mass is 10.1. The summed E-state index contributed by atoms with van der Waals surface area (Å²) in [7, 11) is 0. The topological polar surface area (TPSA) is 0 Å². The molecule has 3 rings (SSSR count). The van der Waals surface area contributed by atoms with Gasteiger partial charge in [-0.2, -0.15) is 0 Å². The van der Waals surface area contributed by atoms with Gasteiger partial charge < -0.3 is 0 Å². The van der Waals surface area contributed by atoms with Crippen molar-refractivity contribution in [2.75, 3.05) is 0 Å². The monoisotopic (exact) mass is 284 g/mol.